The minimum absolute atomic E-state index is 0.00309. The Morgan fingerprint density at radius 1 is 1.07 bits per heavy atom. The minimum atomic E-state index is -0.0776. The predicted molar refractivity (Wildman–Crippen MR) is 115 cm³/mol. The van der Waals surface area contributed by atoms with Crippen molar-refractivity contribution in [2.45, 2.75) is 18.9 Å². The van der Waals surface area contributed by atoms with Gasteiger partial charge in [0.2, 0.25) is 0 Å². The van der Waals surface area contributed by atoms with Crippen molar-refractivity contribution in [1.29, 1.82) is 0 Å². The molecule has 0 aliphatic carbocycles. The molecule has 0 radical (unpaired) electrons. The molecule has 3 rings (SSSR count). The van der Waals surface area contributed by atoms with Crippen molar-refractivity contribution >= 4 is 29.1 Å². The number of carbonyl (C=O) groups is 2. The van der Waals surface area contributed by atoms with Crippen LogP contribution in [0.1, 0.15) is 23.2 Å². The number of ether oxygens (including phenoxy) is 1. The maximum Gasteiger partial charge on any atom is 0.260 e. The van der Waals surface area contributed by atoms with Crippen molar-refractivity contribution in [2.75, 3.05) is 38.7 Å². The molecule has 2 aromatic carbocycles. The lowest BCUT2D eigenvalue weighted by Crippen LogP contribution is -2.47. The number of benzene rings is 2. The Labute approximate surface area is 176 Å². The lowest BCUT2D eigenvalue weighted by molar-refractivity contribution is -0.134. The maximum atomic E-state index is 12.5. The van der Waals surface area contributed by atoms with Crippen LogP contribution in [-0.2, 0) is 4.79 Å². The molecule has 0 atom stereocenters. The monoisotopic (exact) mass is 415 g/mol. The molecule has 0 spiro atoms. The fourth-order valence-corrected chi connectivity index (χ4v) is 3.35. The quantitative estimate of drug-likeness (QED) is 0.787. The van der Waals surface area contributed by atoms with E-state index in [1.165, 1.54) is 0 Å². The van der Waals surface area contributed by atoms with Crippen LogP contribution < -0.4 is 15.0 Å². The first-order valence-electron chi connectivity index (χ1n) is 9.67. The van der Waals surface area contributed by atoms with Gasteiger partial charge in [-0.1, -0.05) is 11.6 Å². The zero-order valence-corrected chi connectivity index (χ0v) is 17.5. The van der Waals surface area contributed by atoms with E-state index in [0.717, 1.165) is 18.5 Å². The van der Waals surface area contributed by atoms with E-state index in [-0.39, 0.29) is 24.5 Å². The standard InChI is InChI=1S/C22H26ClN3O3/c1-25(2)19-7-3-16(4-8-19)22(28)24-18-11-13-26(14-12-18)21(27)15-29-20-9-5-17(23)6-10-20/h3-10,18H,11-15H2,1-2H3,(H,24,28). The molecule has 2 amide bonds. The van der Waals surface area contributed by atoms with Gasteiger partial charge in [0.1, 0.15) is 5.75 Å². The highest BCUT2D eigenvalue weighted by atomic mass is 35.5. The Kier molecular flexibility index (Phi) is 6.99. The first-order chi connectivity index (χ1) is 13.9. The number of anilines is 1. The molecular formula is C22H26ClN3O3. The second kappa shape index (κ2) is 9.65. The molecule has 0 aromatic heterocycles. The number of halogens is 1. The summed E-state index contributed by atoms with van der Waals surface area (Å²) in [6.45, 7) is 1.21. The third-order valence-corrected chi connectivity index (χ3v) is 5.26. The van der Waals surface area contributed by atoms with Gasteiger partial charge in [-0.2, -0.15) is 0 Å². The smallest absolute Gasteiger partial charge is 0.260 e. The molecule has 0 bridgehead atoms. The van der Waals surface area contributed by atoms with Crippen molar-refractivity contribution in [1.82, 2.24) is 10.2 Å². The van der Waals surface area contributed by atoms with Crippen molar-refractivity contribution in [3.63, 3.8) is 0 Å². The largest absolute Gasteiger partial charge is 0.484 e. The molecule has 1 aliphatic heterocycles. The van der Waals surface area contributed by atoms with Gasteiger partial charge < -0.3 is 19.9 Å². The fraction of sp³-hybridized carbons (Fsp3) is 0.364. The van der Waals surface area contributed by atoms with Gasteiger partial charge in [0.25, 0.3) is 11.8 Å². The van der Waals surface area contributed by atoms with Gasteiger partial charge in [0.15, 0.2) is 6.61 Å². The van der Waals surface area contributed by atoms with Crippen LogP contribution in [0.25, 0.3) is 0 Å². The Morgan fingerprint density at radius 3 is 2.28 bits per heavy atom. The number of hydrogen-bond acceptors (Lipinski definition) is 4. The van der Waals surface area contributed by atoms with E-state index in [1.807, 2.05) is 43.3 Å². The molecular weight excluding hydrogens is 390 g/mol. The fourth-order valence-electron chi connectivity index (χ4n) is 3.22. The van der Waals surface area contributed by atoms with E-state index < -0.39 is 0 Å². The molecule has 1 aliphatic rings. The Morgan fingerprint density at radius 2 is 1.69 bits per heavy atom. The van der Waals surface area contributed by atoms with Crippen LogP contribution in [0.2, 0.25) is 5.02 Å². The molecule has 1 heterocycles. The lowest BCUT2D eigenvalue weighted by Gasteiger charge is -2.32. The highest BCUT2D eigenvalue weighted by Gasteiger charge is 2.24. The highest BCUT2D eigenvalue weighted by Crippen LogP contribution is 2.17. The summed E-state index contributed by atoms with van der Waals surface area (Å²) in [6, 6.07) is 14.5. The summed E-state index contributed by atoms with van der Waals surface area (Å²) in [5.41, 5.74) is 1.69. The molecule has 1 fully saturated rings. The topological polar surface area (TPSA) is 61.9 Å². The lowest BCUT2D eigenvalue weighted by atomic mass is 10.0. The molecule has 1 saturated heterocycles. The van der Waals surface area contributed by atoms with Crippen molar-refractivity contribution in [2.24, 2.45) is 0 Å². The first kappa shape index (κ1) is 21.0. The maximum absolute atomic E-state index is 12.5. The number of hydrogen-bond donors (Lipinski definition) is 1. The van der Waals surface area contributed by atoms with Crippen LogP contribution in [0.4, 0.5) is 5.69 Å². The summed E-state index contributed by atoms with van der Waals surface area (Å²) in [5, 5.41) is 3.70. The molecule has 1 N–H and O–H groups in total. The molecule has 2 aromatic rings. The Bertz CT molecular complexity index is 829. The van der Waals surface area contributed by atoms with Crippen LogP contribution >= 0.6 is 11.6 Å². The second-order valence-electron chi connectivity index (χ2n) is 7.31. The number of likely N-dealkylation sites (tertiary alicyclic amines) is 1. The minimum Gasteiger partial charge on any atom is -0.484 e. The molecule has 7 heteroatoms. The van der Waals surface area contributed by atoms with Crippen molar-refractivity contribution in [3.05, 3.63) is 59.1 Å². The number of carbonyl (C=O) groups excluding carboxylic acids is 2. The van der Waals surface area contributed by atoms with E-state index >= 15 is 0 Å². The number of piperidine rings is 1. The third-order valence-electron chi connectivity index (χ3n) is 5.00. The average Bonchev–Trinajstić information content (AvgIpc) is 2.73. The summed E-state index contributed by atoms with van der Waals surface area (Å²) in [6.07, 6.45) is 1.46. The zero-order chi connectivity index (χ0) is 20.8. The molecule has 0 saturated carbocycles. The molecule has 29 heavy (non-hydrogen) atoms. The Balaban J connectivity index is 1.43. The van der Waals surface area contributed by atoms with Crippen LogP contribution in [-0.4, -0.2) is 56.5 Å². The van der Waals surface area contributed by atoms with Crippen LogP contribution in [0, 0.1) is 0 Å². The van der Waals surface area contributed by atoms with Crippen LogP contribution in [0.5, 0.6) is 5.75 Å². The van der Waals surface area contributed by atoms with Crippen LogP contribution in [0.3, 0.4) is 0 Å². The van der Waals surface area contributed by atoms with Crippen LogP contribution in [0.15, 0.2) is 48.5 Å². The van der Waals surface area contributed by atoms with E-state index in [4.69, 9.17) is 16.3 Å². The van der Waals surface area contributed by atoms with E-state index in [2.05, 4.69) is 5.32 Å². The predicted octanol–water partition coefficient (Wildman–Crippen LogP) is 3.21. The second-order valence-corrected chi connectivity index (χ2v) is 7.75. The third kappa shape index (κ3) is 5.87. The van der Waals surface area contributed by atoms with Gasteiger partial charge in [-0.3, -0.25) is 9.59 Å². The van der Waals surface area contributed by atoms with Gasteiger partial charge in [-0.15, -0.1) is 0 Å². The summed E-state index contributed by atoms with van der Waals surface area (Å²) in [4.78, 5) is 28.6. The summed E-state index contributed by atoms with van der Waals surface area (Å²) < 4.78 is 5.53. The number of rotatable bonds is 6. The van der Waals surface area contributed by atoms with Crippen molar-refractivity contribution in [3.8, 4) is 5.75 Å². The SMILES string of the molecule is CN(C)c1ccc(C(=O)NC2CCN(C(=O)COc3ccc(Cl)cc3)CC2)cc1. The number of nitrogens with zero attached hydrogens (tertiary/aromatic N) is 2. The van der Waals surface area contributed by atoms with Gasteiger partial charge in [-0.05, 0) is 61.4 Å². The van der Waals surface area contributed by atoms with Gasteiger partial charge >= 0.3 is 0 Å². The van der Waals surface area contributed by atoms with Gasteiger partial charge in [0, 0.05) is 49.5 Å². The van der Waals surface area contributed by atoms with Gasteiger partial charge in [0.05, 0.1) is 0 Å². The van der Waals surface area contributed by atoms with E-state index in [1.54, 1.807) is 29.2 Å². The normalized spacial score (nSPS) is 14.4. The number of amides is 2. The first-order valence-corrected chi connectivity index (χ1v) is 10.0. The molecule has 6 nitrogen and oxygen atoms in total. The average molecular weight is 416 g/mol. The van der Waals surface area contributed by atoms with Gasteiger partial charge in [-0.25, -0.2) is 0 Å². The summed E-state index contributed by atoms with van der Waals surface area (Å²) in [7, 11) is 3.93. The Hall–Kier alpha value is -2.73. The molecule has 0 unspecified atom stereocenters. The van der Waals surface area contributed by atoms with E-state index in [9.17, 15) is 9.59 Å². The summed E-state index contributed by atoms with van der Waals surface area (Å²) in [5.74, 6) is 0.486. The van der Waals surface area contributed by atoms with Crippen molar-refractivity contribution < 1.29 is 14.3 Å². The molecule has 154 valence electrons. The zero-order valence-electron chi connectivity index (χ0n) is 16.7. The van der Waals surface area contributed by atoms with E-state index in [0.29, 0.717) is 29.4 Å². The number of nitrogens with one attached hydrogen (secondary N) is 1. The summed E-state index contributed by atoms with van der Waals surface area (Å²) >= 11 is 5.84. The highest BCUT2D eigenvalue weighted by molar-refractivity contribution is 6.30.